The van der Waals surface area contributed by atoms with Gasteiger partial charge in [-0.15, -0.1) is 0 Å². The van der Waals surface area contributed by atoms with Gasteiger partial charge in [-0.1, -0.05) is 31.9 Å². The molecule has 0 aromatic rings. The van der Waals surface area contributed by atoms with Crippen molar-refractivity contribution in [3.63, 3.8) is 0 Å². The van der Waals surface area contributed by atoms with Gasteiger partial charge in [0.15, 0.2) is 5.78 Å². The van der Waals surface area contributed by atoms with Gasteiger partial charge in [-0.05, 0) is 27.7 Å². The molecule has 0 bridgehead atoms. The molecule has 10 heavy (non-hydrogen) atoms. The van der Waals surface area contributed by atoms with Crippen LogP contribution in [0.25, 0.3) is 0 Å². The van der Waals surface area contributed by atoms with Crippen LogP contribution in [-0.2, 0) is 4.79 Å². The maximum atomic E-state index is 11.4. The molecular weight excluding hydrogens is 260 g/mol. The van der Waals surface area contributed by atoms with E-state index in [1.165, 1.54) is 0 Å². The fraction of sp³-hybridized carbons (Fsp3) is 0.857. The molecule has 0 aliphatic rings. The lowest BCUT2D eigenvalue weighted by atomic mass is 9.98. The van der Waals surface area contributed by atoms with Crippen LogP contribution in [0.2, 0.25) is 0 Å². The molecule has 0 aromatic carbocycles. The highest BCUT2D eigenvalue weighted by Gasteiger charge is 2.34. The van der Waals surface area contributed by atoms with Gasteiger partial charge in [0.1, 0.15) is 0 Å². The van der Waals surface area contributed by atoms with E-state index >= 15 is 0 Å². The summed E-state index contributed by atoms with van der Waals surface area (Å²) in [6.07, 6.45) is 0. The van der Waals surface area contributed by atoms with Gasteiger partial charge in [-0.3, -0.25) is 4.79 Å². The fourth-order valence-electron chi connectivity index (χ4n) is 0.707. The number of rotatable bonds is 2. The molecule has 3 heteroatoms. The lowest BCUT2D eigenvalue weighted by Gasteiger charge is -2.23. The number of halogens is 2. The van der Waals surface area contributed by atoms with E-state index in [-0.39, 0.29) is 5.78 Å². The maximum Gasteiger partial charge on any atom is 0.165 e. The second-order valence-corrected chi connectivity index (χ2v) is 7.24. The average molecular weight is 272 g/mol. The Hall–Kier alpha value is 0.630. The summed E-state index contributed by atoms with van der Waals surface area (Å²) in [5.74, 6) is 0.153. The normalized spacial score (nSPS) is 13.4. The standard InChI is InChI=1S/C7H12Br2O/c1-6(2,8)5(10)7(3,4)9/h1-4H3. The number of alkyl halides is 2. The summed E-state index contributed by atoms with van der Waals surface area (Å²) in [6.45, 7) is 7.38. The summed E-state index contributed by atoms with van der Waals surface area (Å²) in [6, 6.07) is 0. The van der Waals surface area contributed by atoms with Gasteiger partial charge in [-0.25, -0.2) is 0 Å². The summed E-state index contributed by atoms with van der Waals surface area (Å²) in [5.41, 5.74) is 0. The Morgan fingerprint density at radius 1 is 1.00 bits per heavy atom. The number of hydrogen-bond donors (Lipinski definition) is 0. The predicted octanol–water partition coefficient (Wildman–Crippen LogP) is 2.90. The zero-order valence-electron chi connectivity index (χ0n) is 6.66. The second kappa shape index (κ2) is 2.94. The fourth-order valence-corrected chi connectivity index (χ4v) is 1.96. The van der Waals surface area contributed by atoms with E-state index in [0.29, 0.717) is 0 Å². The molecule has 0 unspecified atom stereocenters. The molecule has 0 saturated heterocycles. The van der Waals surface area contributed by atoms with Crippen molar-refractivity contribution < 1.29 is 4.79 Å². The molecule has 0 saturated carbocycles. The molecular formula is C7H12Br2O. The van der Waals surface area contributed by atoms with Crippen LogP contribution in [0, 0.1) is 0 Å². The van der Waals surface area contributed by atoms with Crippen LogP contribution in [0.15, 0.2) is 0 Å². The van der Waals surface area contributed by atoms with Gasteiger partial charge in [0.2, 0.25) is 0 Å². The molecule has 0 aromatic heterocycles. The van der Waals surface area contributed by atoms with Crippen molar-refractivity contribution >= 4 is 37.6 Å². The lowest BCUT2D eigenvalue weighted by Crippen LogP contribution is -2.37. The van der Waals surface area contributed by atoms with Gasteiger partial charge in [0.25, 0.3) is 0 Å². The highest BCUT2D eigenvalue weighted by molar-refractivity contribution is 9.11. The van der Waals surface area contributed by atoms with Crippen molar-refractivity contribution in [3.8, 4) is 0 Å². The quantitative estimate of drug-likeness (QED) is 0.706. The Morgan fingerprint density at radius 3 is 1.20 bits per heavy atom. The van der Waals surface area contributed by atoms with Crippen molar-refractivity contribution in [1.29, 1.82) is 0 Å². The topological polar surface area (TPSA) is 17.1 Å². The summed E-state index contributed by atoms with van der Waals surface area (Å²) in [7, 11) is 0. The highest BCUT2D eigenvalue weighted by atomic mass is 79.9. The van der Waals surface area contributed by atoms with Crippen LogP contribution in [0.4, 0.5) is 0 Å². The smallest absolute Gasteiger partial charge is 0.165 e. The Labute approximate surface area is 78.8 Å². The largest absolute Gasteiger partial charge is 0.297 e. The van der Waals surface area contributed by atoms with E-state index in [0.717, 1.165) is 0 Å². The van der Waals surface area contributed by atoms with Crippen LogP contribution in [-0.4, -0.2) is 14.4 Å². The molecule has 0 heterocycles. The molecule has 0 N–H and O–H groups in total. The minimum Gasteiger partial charge on any atom is -0.297 e. The van der Waals surface area contributed by atoms with E-state index in [2.05, 4.69) is 31.9 Å². The first-order valence-electron chi connectivity index (χ1n) is 3.08. The van der Waals surface area contributed by atoms with Crippen molar-refractivity contribution in [3.05, 3.63) is 0 Å². The van der Waals surface area contributed by atoms with E-state index < -0.39 is 8.65 Å². The minimum atomic E-state index is -0.431. The summed E-state index contributed by atoms with van der Waals surface area (Å²) in [4.78, 5) is 11.4. The van der Waals surface area contributed by atoms with Gasteiger partial charge in [0.05, 0.1) is 8.65 Å². The van der Waals surface area contributed by atoms with E-state index in [1.54, 1.807) is 0 Å². The van der Waals surface area contributed by atoms with Crippen molar-refractivity contribution in [2.24, 2.45) is 0 Å². The molecule has 0 spiro atoms. The number of carbonyl (C=O) groups is 1. The van der Waals surface area contributed by atoms with Crippen LogP contribution >= 0.6 is 31.9 Å². The molecule has 0 radical (unpaired) electrons. The van der Waals surface area contributed by atoms with Gasteiger partial charge in [-0.2, -0.15) is 0 Å². The van der Waals surface area contributed by atoms with Gasteiger partial charge < -0.3 is 0 Å². The molecule has 0 fully saturated rings. The Morgan fingerprint density at radius 2 is 1.20 bits per heavy atom. The minimum absolute atomic E-state index is 0.153. The monoisotopic (exact) mass is 270 g/mol. The first-order chi connectivity index (χ1) is 4.15. The zero-order valence-corrected chi connectivity index (χ0v) is 9.84. The van der Waals surface area contributed by atoms with E-state index in [4.69, 9.17) is 0 Å². The third-order valence-electron chi connectivity index (χ3n) is 1.08. The highest BCUT2D eigenvalue weighted by Crippen LogP contribution is 2.28. The lowest BCUT2D eigenvalue weighted by molar-refractivity contribution is -0.121. The average Bonchev–Trinajstić information content (AvgIpc) is 1.59. The van der Waals surface area contributed by atoms with E-state index in [9.17, 15) is 4.79 Å². The second-order valence-electron chi connectivity index (χ2n) is 3.27. The third-order valence-corrected chi connectivity index (χ3v) is 1.80. The van der Waals surface area contributed by atoms with Gasteiger partial charge in [0, 0.05) is 0 Å². The summed E-state index contributed by atoms with van der Waals surface area (Å²) >= 11 is 6.60. The molecule has 0 atom stereocenters. The molecule has 0 rings (SSSR count). The van der Waals surface area contributed by atoms with E-state index in [1.807, 2.05) is 27.7 Å². The zero-order chi connectivity index (χ0) is 8.58. The van der Waals surface area contributed by atoms with Crippen molar-refractivity contribution in [1.82, 2.24) is 0 Å². The maximum absolute atomic E-state index is 11.4. The molecule has 0 amide bonds. The molecule has 0 aliphatic heterocycles. The third kappa shape index (κ3) is 3.15. The summed E-state index contributed by atoms with van der Waals surface area (Å²) in [5, 5.41) is 0. The Balaban J connectivity index is 4.40. The SMILES string of the molecule is CC(C)(Br)C(=O)C(C)(C)Br. The predicted molar refractivity (Wildman–Crippen MR) is 51.0 cm³/mol. The van der Waals surface area contributed by atoms with Crippen LogP contribution in [0.5, 0.6) is 0 Å². The van der Waals surface area contributed by atoms with Crippen molar-refractivity contribution in [2.75, 3.05) is 0 Å². The number of carbonyl (C=O) groups excluding carboxylic acids is 1. The number of ketones is 1. The number of Topliss-reactive ketones (excluding diaryl/α,β-unsaturated/α-hetero) is 1. The first-order valence-corrected chi connectivity index (χ1v) is 4.67. The summed E-state index contributed by atoms with van der Waals surface area (Å²) < 4.78 is -0.861. The molecule has 0 aliphatic carbocycles. The Bertz CT molecular complexity index is 123. The van der Waals surface area contributed by atoms with Crippen molar-refractivity contribution in [2.45, 2.75) is 36.3 Å². The van der Waals surface area contributed by atoms with Crippen LogP contribution < -0.4 is 0 Å². The first kappa shape index (κ1) is 10.6. The number of hydrogen-bond acceptors (Lipinski definition) is 1. The molecule has 60 valence electrons. The van der Waals surface area contributed by atoms with Crippen LogP contribution in [0.3, 0.4) is 0 Å². The molecule has 1 nitrogen and oxygen atoms in total. The van der Waals surface area contributed by atoms with Crippen LogP contribution in [0.1, 0.15) is 27.7 Å². The Kier molecular flexibility index (Phi) is 3.12. The van der Waals surface area contributed by atoms with Gasteiger partial charge >= 0.3 is 0 Å².